The highest BCUT2D eigenvalue weighted by Gasteiger charge is 2.38. The van der Waals surface area contributed by atoms with Crippen LogP contribution in [0.4, 0.5) is 0 Å². The first-order chi connectivity index (χ1) is 9.23. The molecule has 2 N–H and O–H groups in total. The third kappa shape index (κ3) is 3.23. The topological polar surface area (TPSA) is 77.4 Å². The second-order valence-corrected chi connectivity index (χ2v) is 4.52. The SMILES string of the molecule is COC(CCC1(OO)CCc2ccccc2O1)OO. The molecule has 1 aromatic carbocycles. The number of hydrogen-bond donors (Lipinski definition) is 2. The lowest BCUT2D eigenvalue weighted by Gasteiger charge is -2.36. The van der Waals surface area contributed by atoms with Gasteiger partial charge in [0.25, 0.3) is 0 Å². The zero-order valence-electron chi connectivity index (χ0n) is 10.7. The molecule has 6 nitrogen and oxygen atoms in total. The van der Waals surface area contributed by atoms with Gasteiger partial charge in [-0.2, -0.15) is 4.89 Å². The minimum absolute atomic E-state index is 0.329. The molecule has 2 unspecified atom stereocenters. The number of fused-ring (bicyclic) bond motifs is 1. The van der Waals surface area contributed by atoms with Crippen LogP contribution in [0.3, 0.4) is 0 Å². The van der Waals surface area contributed by atoms with Crippen LogP contribution in [0.15, 0.2) is 24.3 Å². The van der Waals surface area contributed by atoms with Crippen LogP contribution in [0.2, 0.25) is 0 Å². The quantitative estimate of drug-likeness (QED) is 0.469. The Bertz CT molecular complexity index is 406. The van der Waals surface area contributed by atoms with Gasteiger partial charge in [-0.25, -0.2) is 15.4 Å². The van der Waals surface area contributed by atoms with Gasteiger partial charge in [0.2, 0.25) is 5.79 Å². The smallest absolute Gasteiger partial charge is 0.241 e. The highest BCUT2D eigenvalue weighted by atomic mass is 17.1. The Morgan fingerprint density at radius 1 is 1.37 bits per heavy atom. The summed E-state index contributed by atoms with van der Waals surface area (Å²) in [6, 6.07) is 7.61. The predicted molar refractivity (Wildman–Crippen MR) is 65.6 cm³/mol. The van der Waals surface area contributed by atoms with E-state index in [0.29, 0.717) is 25.0 Å². The Labute approximate surface area is 111 Å². The Balaban J connectivity index is 2.04. The summed E-state index contributed by atoms with van der Waals surface area (Å²) >= 11 is 0. The van der Waals surface area contributed by atoms with E-state index in [4.69, 9.17) is 20.0 Å². The first-order valence-corrected chi connectivity index (χ1v) is 6.15. The maximum absolute atomic E-state index is 9.16. The van der Waals surface area contributed by atoms with Crippen LogP contribution in [0.1, 0.15) is 24.8 Å². The van der Waals surface area contributed by atoms with Gasteiger partial charge in [-0.15, -0.1) is 0 Å². The van der Waals surface area contributed by atoms with Crippen LogP contribution in [0.5, 0.6) is 5.75 Å². The molecule has 0 aromatic heterocycles. The maximum Gasteiger partial charge on any atom is 0.241 e. The molecule has 6 heteroatoms. The molecule has 0 saturated heterocycles. The van der Waals surface area contributed by atoms with E-state index in [-0.39, 0.29) is 0 Å². The highest BCUT2D eigenvalue weighted by molar-refractivity contribution is 5.35. The molecule has 1 heterocycles. The minimum atomic E-state index is -1.12. The van der Waals surface area contributed by atoms with Gasteiger partial charge in [0.1, 0.15) is 5.75 Å². The molecule has 19 heavy (non-hydrogen) atoms. The van der Waals surface area contributed by atoms with Crippen molar-refractivity contribution in [3.05, 3.63) is 29.8 Å². The van der Waals surface area contributed by atoms with Crippen LogP contribution < -0.4 is 4.74 Å². The molecule has 0 fully saturated rings. The number of para-hydroxylation sites is 1. The minimum Gasteiger partial charge on any atom is -0.459 e. The van der Waals surface area contributed by atoms with Crippen molar-refractivity contribution >= 4 is 0 Å². The first kappa shape index (κ1) is 14.2. The van der Waals surface area contributed by atoms with Crippen molar-refractivity contribution < 1.29 is 29.8 Å². The second-order valence-electron chi connectivity index (χ2n) is 4.52. The zero-order valence-corrected chi connectivity index (χ0v) is 10.7. The van der Waals surface area contributed by atoms with Gasteiger partial charge in [0.15, 0.2) is 6.29 Å². The summed E-state index contributed by atoms with van der Waals surface area (Å²) in [7, 11) is 1.42. The van der Waals surface area contributed by atoms with Crippen molar-refractivity contribution in [1.82, 2.24) is 0 Å². The summed E-state index contributed by atoms with van der Waals surface area (Å²) in [5.41, 5.74) is 1.08. The molecule has 0 radical (unpaired) electrons. The summed E-state index contributed by atoms with van der Waals surface area (Å²) in [6.45, 7) is 0. The molecule has 106 valence electrons. The van der Waals surface area contributed by atoms with E-state index in [9.17, 15) is 0 Å². The van der Waals surface area contributed by atoms with Crippen molar-refractivity contribution in [2.24, 2.45) is 0 Å². The lowest BCUT2D eigenvalue weighted by Crippen LogP contribution is -2.42. The van der Waals surface area contributed by atoms with Crippen LogP contribution >= 0.6 is 0 Å². The van der Waals surface area contributed by atoms with Crippen LogP contribution in [-0.4, -0.2) is 29.7 Å². The zero-order chi connectivity index (χ0) is 13.7. The third-order valence-electron chi connectivity index (χ3n) is 3.35. The standard InChI is InChI=1S/C13H18O6/c1-16-12(18-14)7-9-13(19-15)8-6-10-4-2-3-5-11(10)17-13/h2-5,12,14-15H,6-9H2,1H3. The predicted octanol–water partition coefficient (Wildman–Crippen LogP) is 2.44. The van der Waals surface area contributed by atoms with Gasteiger partial charge in [-0.05, 0) is 18.1 Å². The van der Waals surface area contributed by atoms with Crippen molar-refractivity contribution in [2.75, 3.05) is 7.11 Å². The number of benzene rings is 1. The Hall–Kier alpha value is -1.18. The lowest BCUT2D eigenvalue weighted by molar-refractivity contribution is -0.395. The van der Waals surface area contributed by atoms with E-state index >= 15 is 0 Å². The molecule has 2 rings (SSSR count). The molecule has 1 aliphatic rings. The molecule has 0 spiro atoms. The van der Waals surface area contributed by atoms with E-state index in [1.54, 1.807) is 0 Å². The summed E-state index contributed by atoms with van der Waals surface area (Å²) in [4.78, 5) is 8.69. The van der Waals surface area contributed by atoms with Crippen LogP contribution in [-0.2, 0) is 20.9 Å². The van der Waals surface area contributed by atoms with E-state index in [2.05, 4.69) is 9.78 Å². The van der Waals surface area contributed by atoms with Gasteiger partial charge in [0, 0.05) is 26.4 Å². The summed E-state index contributed by atoms with van der Waals surface area (Å²) in [5.74, 6) is -0.425. The Morgan fingerprint density at radius 2 is 2.16 bits per heavy atom. The van der Waals surface area contributed by atoms with E-state index < -0.39 is 12.1 Å². The maximum atomic E-state index is 9.16. The average molecular weight is 270 g/mol. The lowest BCUT2D eigenvalue weighted by atomic mass is 9.96. The molecule has 2 atom stereocenters. The molecule has 1 aromatic rings. The normalized spacial score (nSPS) is 23.5. The molecule has 1 aliphatic heterocycles. The van der Waals surface area contributed by atoms with Gasteiger partial charge in [-0.3, -0.25) is 0 Å². The molecular formula is C13H18O6. The fourth-order valence-electron chi connectivity index (χ4n) is 2.22. The third-order valence-corrected chi connectivity index (χ3v) is 3.35. The fourth-order valence-corrected chi connectivity index (χ4v) is 2.22. The average Bonchev–Trinajstić information content (AvgIpc) is 2.48. The highest BCUT2D eigenvalue weighted by Crippen LogP contribution is 2.36. The van der Waals surface area contributed by atoms with Gasteiger partial charge >= 0.3 is 0 Å². The van der Waals surface area contributed by atoms with Crippen molar-refractivity contribution in [3.8, 4) is 5.75 Å². The number of rotatable bonds is 6. The molecule has 0 saturated carbocycles. The molecule has 0 aliphatic carbocycles. The number of aryl methyl sites for hydroxylation is 1. The van der Waals surface area contributed by atoms with E-state index in [1.807, 2.05) is 24.3 Å². The van der Waals surface area contributed by atoms with Crippen molar-refractivity contribution in [3.63, 3.8) is 0 Å². The molecule has 0 amide bonds. The largest absolute Gasteiger partial charge is 0.459 e. The Morgan fingerprint density at radius 3 is 2.84 bits per heavy atom. The fraction of sp³-hybridized carbons (Fsp3) is 0.538. The monoisotopic (exact) mass is 270 g/mol. The molecule has 0 bridgehead atoms. The summed E-state index contributed by atoms with van der Waals surface area (Å²) < 4.78 is 10.6. The van der Waals surface area contributed by atoms with Crippen LogP contribution in [0, 0.1) is 0 Å². The van der Waals surface area contributed by atoms with E-state index in [1.165, 1.54) is 7.11 Å². The van der Waals surface area contributed by atoms with Gasteiger partial charge in [-0.1, -0.05) is 18.2 Å². The Kier molecular flexibility index (Phi) is 4.73. The number of methoxy groups -OCH3 is 1. The van der Waals surface area contributed by atoms with Crippen LogP contribution in [0.25, 0.3) is 0 Å². The van der Waals surface area contributed by atoms with Gasteiger partial charge < -0.3 is 9.47 Å². The van der Waals surface area contributed by atoms with Crippen molar-refractivity contribution in [1.29, 1.82) is 0 Å². The number of ether oxygens (including phenoxy) is 2. The van der Waals surface area contributed by atoms with Crippen molar-refractivity contribution in [2.45, 2.75) is 37.8 Å². The second kappa shape index (κ2) is 6.31. The summed E-state index contributed by atoms with van der Waals surface area (Å²) in [6.07, 6.45) is 1.15. The molecular weight excluding hydrogens is 252 g/mol. The van der Waals surface area contributed by atoms with E-state index in [0.717, 1.165) is 12.0 Å². The summed E-state index contributed by atoms with van der Waals surface area (Å²) in [5, 5.41) is 17.8. The first-order valence-electron chi connectivity index (χ1n) is 6.15. The van der Waals surface area contributed by atoms with Gasteiger partial charge in [0.05, 0.1) is 0 Å². The number of hydrogen-bond acceptors (Lipinski definition) is 6.